The van der Waals surface area contributed by atoms with E-state index >= 15 is 0 Å². The molecule has 2 aliphatic rings. The fourth-order valence-electron chi connectivity index (χ4n) is 5.94. The highest BCUT2D eigenvalue weighted by Gasteiger charge is 2.36. The molecule has 2 nitrogen and oxygen atoms in total. The molecule has 0 radical (unpaired) electrons. The summed E-state index contributed by atoms with van der Waals surface area (Å²) in [6.07, 6.45) is 6.97. The van der Waals surface area contributed by atoms with Crippen molar-refractivity contribution < 1.29 is 9.47 Å². The molecule has 0 spiro atoms. The zero-order chi connectivity index (χ0) is 22.6. The van der Waals surface area contributed by atoms with Gasteiger partial charge >= 0.3 is 0 Å². The summed E-state index contributed by atoms with van der Waals surface area (Å²) in [5, 5.41) is 0. The van der Waals surface area contributed by atoms with Gasteiger partial charge in [-0.05, 0) is 119 Å². The molecule has 0 saturated heterocycles. The molecule has 4 unspecified atom stereocenters. The van der Waals surface area contributed by atoms with Crippen LogP contribution in [-0.2, 0) is 4.74 Å². The lowest BCUT2D eigenvalue weighted by Gasteiger charge is -2.42. The van der Waals surface area contributed by atoms with E-state index in [4.69, 9.17) is 9.47 Å². The first kappa shape index (κ1) is 22.6. The molecule has 0 aromatic heterocycles. The Balaban J connectivity index is 1.27. The standard InChI is InChI=1S/C30H36O2S/c1-22-17-24-13-15-29(25(18-22)20-24)32-21-31-26-14-16-30(23(2)19-26)33(27-9-5-3-6-10-27)28-11-7-4-8-12-28/h3-12,14,16,19,22,24-25,29,33H,13,15,17-18,20-21H2,1-2H3. The van der Waals surface area contributed by atoms with Gasteiger partial charge in [0.15, 0.2) is 6.79 Å². The maximum absolute atomic E-state index is 6.26. The van der Waals surface area contributed by atoms with Gasteiger partial charge < -0.3 is 9.47 Å². The summed E-state index contributed by atoms with van der Waals surface area (Å²) in [4.78, 5) is 4.12. The molecule has 0 aliphatic heterocycles. The number of aryl methyl sites for hydroxylation is 1. The van der Waals surface area contributed by atoms with Gasteiger partial charge in [0.05, 0.1) is 6.10 Å². The van der Waals surface area contributed by atoms with Crippen LogP contribution in [0.4, 0.5) is 0 Å². The minimum absolute atomic E-state index is 0.352. The van der Waals surface area contributed by atoms with Gasteiger partial charge in [-0.15, -0.1) is 0 Å². The lowest BCUT2D eigenvalue weighted by atomic mass is 9.67. The van der Waals surface area contributed by atoms with E-state index in [1.807, 2.05) is 0 Å². The summed E-state index contributed by atoms with van der Waals surface area (Å²) in [6, 6.07) is 28.3. The first-order chi connectivity index (χ1) is 16.2. The van der Waals surface area contributed by atoms with Gasteiger partial charge in [-0.3, -0.25) is 0 Å². The van der Waals surface area contributed by atoms with Crippen LogP contribution in [-0.4, -0.2) is 12.9 Å². The molecule has 3 aromatic rings. The summed E-state index contributed by atoms with van der Waals surface area (Å²) >= 11 is 0. The van der Waals surface area contributed by atoms with Crippen molar-refractivity contribution in [3.8, 4) is 5.75 Å². The third-order valence-electron chi connectivity index (χ3n) is 7.41. The number of fused-ring (bicyclic) bond motifs is 2. The SMILES string of the molecule is Cc1cc(OCOC2CCC3CC(C)CC2C3)ccc1[SH](c1ccccc1)c1ccccc1. The Hall–Kier alpha value is -2.23. The second-order valence-electron chi connectivity index (χ2n) is 9.94. The third kappa shape index (κ3) is 5.31. The van der Waals surface area contributed by atoms with Crippen LogP contribution in [0.3, 0.4) is 0 Å². The van der Waals surface area contributed by atoms with Gasteiger partial charge in [0.25, 0.3) is 0 Å². The van der Waals surface area contributed by atoms with E-state index in [2.05, 4.69) is 92.7 Å². The molecule has 3 heteroatoms. The van der Waals surface area contributed by atoms with Crippen molar-refractivity contribution in [2.75, 3.05) is 6.79 Å². The van der Waals surface area contributed by atoms with E-state index in [0.717, 1.165) is 23.5 Å². The molecule has 174 valence electrons. The van der Waals surface area contributed by atoms with E-state index in [1.165, 1.54) is 52.4 Å². The van der Waals surface area contributed by atoms with Crippen LogP contribution >= 0.6 is 10.9 Å². The van der Waals surface area contributed by atoms with Crippen molar-refractivity contribution in [3.63, 3.8) is 0 Å². The summed E-state index contributed by atoms with van der Waals surface area (Å²) in [5.41, 5.74) is 1.27. The Morgan fingerprint density at radius 3 is 2.18 bits per heavy atom. The molecule has 0 heterocycles. The third-order valence-corrected chi connectivity index (χ3v) is 10.0. The fraction of sp³-hybridized carbons (Fsp3) is 0.400. The summed E-state index contributed by atoms with van der Waals surface area (Å²) in [5.74, 6) is 3.40. The Labute approximate surface area is 201 Å². The first-order valence-corrected chi connectivity index (χ1v) is 13.8. The predicted octanol–water partition coefficient (Wildman–Crippen LogP) is 8.04. The van der Waals surface area contributed by atoms with Crippen molar-refractivity contribution >= 4 is 10.9 Å². The van der Waals surface area contributed by atoms with E-state index in [-0.39, 0.29) is 0 Å². The van der Waals surface area contributed by atoms with Crippen LogP contribution in [0.15, 0.2) is 93.5 Å². The zero-order valence-corrected chi connectivity index (χ0v) is 20.7. The number of benzene rings is 3. The van der Waals surface area contributed by atoms with Crippen molar-refractivity contribution in [1.82, 2.24) is 0 Å². The van der Waals surface area contributed by atoms with Gasteiger partial charge in [-0.2, -0.15) is 10.9 Å². The minimum atomic E-state index is -0.600. The summed E-state index contributed by atoms with van der Waals surface area (Å²) < 4.78 is 12.3. The van der Waals surface area contributed by atoms with Crippen molar-refractivity contribution in [2.24, 2.45) is 17.8 Å². The molecular formula is C30H36O2S. The van der Waals surface area contributed by atoms with E-state index in [9.17, 15) is 0 Å². The van der Waals surface area contributed by atoms with Crippen LogP contribution in [0.2, 0.25) is 0 Å². The van der Waals surface area contributed by atoms with Crippen molar-refractivity contribution in [1.29, 1.82) is 0 Å². The van der Waals surface area contributed by atoms with Crippen LogP contribution in [0.25, 0.3) is 0 Å². The molecule has 4 atom stereocenters. The van der Waals surface area contributed by atoms with E-state index in [1.54, 1.807) is 0 Å². The maximum Gasteiger partial charge on any atom is 0.189 e. The molecule has 2 saturated carbocycles. The van der Waals surface area contributed by atoms with Crippen molar-refractivity contribution in [3.05, 3.63) is 84.4 Å². The average Bonchev–Trinajstić information content (AvgIpc) is 2.83. The number of hydrogen-bond donors (Lipinski definition) is 1. The molecule has 0 N–H and O–H groups in total. The van der Waals surface area contributed by atoms with Gasteiger partial charge in [-0.1, -0.05) is 43.3 Å². The largest absolute Gasteiger partial charge is 0.468 e. The Kier molecular flexibility index (Phi) is 7.08. The van der Waals surface area contributed by atoms with Gasteiger partial charge in [-0.25, -0.2) is 0 Å². The monoisotopic (exact) mass is 460 g/mol. The number of thiol groups is 1. The van der Waals surface area contributed by atoms with Gasteiger partial charge in [0.2, 0.25) is 0 Å². The topological polar surface area (TPSA) is 18.5 Å². The van der Waals surface area contributed by atoms with Crippen LogP contribution in [0.5, 0.6) is 5.75 Å². The number of hydrogen-bond acceptors (Lipinski definition) is 2. The lowest BCUT2D eigenvalue weighted by molar-refractivity contribution is -0.0960. The normalized spacial score (nSPS) is 24.8. The Bertz CT molecular complexity index is 994. The summed E-state index contributed by atoms with van der Waals surface area (Å²) in [7, 11) is -0.600. The van der Waals surface area contributed by atoms with Gasteiger partial charge in [0, 0.05) is 0 Å². The molecule has 5 rings (SSSR count). The van der Waals surface area contributed by atoms with Crippen LogP contribution in [0, 0.1) is 24.7 Å². The highest BCUT2D eigenvalue weighted by atomic mass is 32.2. The predicted molar refractivity (Wildman–Crippen MR) is 137 cm³/mol. The lowest BCUT2D eigenvalue weighted by Crippen LogP contribution is -2.37. The van der Waals surface area contributed by atoms with E-state index < -0.39 is 10.9 Å². The highest BCUT2D eigenvalue weighted by molar-refractivity contribution is 8.17. The smallest absolute Gasteiger partial charge is 0.189 e. The maximum atomic E-state index is 6.26. The van der Waals surface area contributed by atoms with Crippen LogP contribution < -0.4 is 4.74 Å². The molecule has 33 heavy (non-hydrogen) atoms. The second-order valence-corrected chi connectivity index (χ2v) is 12.1. The highest BCUT2D eigenvalue weighted by Crippen LogP contribution is 2.52. The number of ether oxygens (including phenoxy) is 2. The Morgan fingerprint density at radius 2 is 1.52 bits per heavy atom. The second kappa shape index (κ2) is 10.4. The molecule has 0 amide bonds. The van der Waals surface area contributed by atoms with E-state index in [0.29, 0.717) is 12.9 Å². The molecule has 2 bridgehead atoms. The zero-order valence-electron chi connectivity index (χ0n) is 19.8. The minimum Gasteiger partial charge on any atom is -0.468 e. The molecule has 2 aliphatic carbocycles. The van der Waals surface area contributed by atoms with Crippen LogP contribution in [0.1, 0.15) is 44.6 Å². The first-order valence-electron chi connectivity index (χ1n) is 12.4. The quantitative estimate of drug-likeness (QED) is 0.284. The van der Waals surface area contributed by atoms with Gasteiger partial charge in [0.1, 0.15) is 5.75 Å². The molecular weight excluding hydrogens is 424 g/mol. The fourth-order valence-corrected chi connectivity index (χ4v) is 8.37. The summed E-state index contributed by atoms with van der Waals surface area (Å²) in [6.45, 7) is 4.96. The molecule has 2 fully saturated rings. The molecule has 3 aromatic carbocycles. The van der Waals surface area contributed by atoms with Crippen molar-refractivity contribution in [2.45, 2.75) is 66.7 Å². The Morgan fingerprint density at radius 1 is 0.818 bits per heavy atom. The number of rotatable bonds is 7. The average molecular weight is 461 g/mol.